The molecule has 0 saturated carbocycles. The van der Waals surface area contributed by atoms with Gasteiger partial charge in [-0.3, -0.25) is 15.6 Å². The first kappa shape index (κ1) is 17.3. The topological polar surface area (TPSA) is 66.3 Å². The lowest BCUT2D eigenvalue weighted by atomic mass is 10.0. The predicted octanol–water partition coefficient (Wildman–Crippen LogP) is 2.89. The molecule has 0 saturated heterocycles. The molecule has 5 nitrogen and oxygen atoms in total. The average Bonchev–Trinajstić information content (AvgIpc) is 2.82. The number of hydrogen-bond acceptors (Lipinski definition) is 3. The van der Waals surface area contributed by atoms with E-state index in [9.17, 15) is 4.79 Å². The van der Waals surface area contributed by atoms with Crippen molar-refractivity contribution in [3.05, 3.63) is 35.1 Å². The first-order valence-electron chi connectivity index (χ1n) is 7.50. The number of benzene rings is 1. The molecule has 1 amide bonds. The minimum absolute atomic E-state index is 0.162. The van der Waals surface area contributed by atoms with Crippen LogP contribution in [0.2, 0.25) is 0 Å². The molecule has 3 N–H and O–H groups in total. The summed E-state index contributed by atoms with van der Waals surface area (Å²) in [6, 6.07) is 4.03. The van der Waals surface area contributed by atoms with Crippen molar-refractivity contribution in [3.8, 4) is 0 Å². The summed E-state index contributed by atoms with van der Waals surface area (Å²) in [5.41, 5.74) is 9.11. The van der Waals surface area contributed by atoms with E-state index in [1.54, 1.807) is 6.26 Å². The molecular formula is C17H23N3O2S. The zero-order valence-electron chi connectivity index (χ0n) is 14.2. The number of rotatable bonds is 2. The van der Waals surface area contributed by atoms with Crippen LogP contribution in [0.1, 0.15) is 37.5 Å². The number of thiocarbonyl (C=S) groups is 1. The first-order chi connectivity index (χ1) is 10.7. The van der Waals surface area contributed by atoms with Crippen molar-refractivity contribution in [2.45, 2.75) is 46.6 Å². The average molecular weight is 333 g/mol. The zero-order chi connectivity index (χ0) is 17.2. The monoisotopic (exact) mass is 333 g/mol. The van der Waals surface area contributed by atoms with E-state index in [4.69, 9.17) is 16.6 Å². The third-order valence-electron chi connectivity index (χ3n) is 3.50. The Bertz CT molecular complexity index is 744. The van der Waals surface area contributed by atoms with Crippen molar-refractivity contribution < 1.29 is 9.21 Å². The highest BCUT2D eigenvalue weighted by molar-refractivity contribution is 7.80. The molecule has 124 valence electrons. The van der Waals surface area contributed by atoms with Crippen LogP contribution in [-0.2, 0) is 11.2 Å². The molecule has 0 radical (unpaired) electrons. The Hall–Kier alpha value is -2.08. The van der Waals surface area contributed by atoms with E-state index in [1.807, 2.05) is 46.8 Å². The van der Waals surface area contributed by atoms with Crippen LogP contribution in [0.25, 0.3) is 11.0 Å². The van der Waals surface area contributed by atoms with Gasteiger partial charge in [0.2, 0.25) is 5.91 Å². The molecular weight excluding hydrogens is 310 g/mol. The van der Waals surface area contributed by atoms with Gasteiger partial charge in [0.05, 0.1) is 12.7 Å². The van der Waals surface area contributed by atoms with E-state index >= 15 is 0 Å². The van der Waals surface area contributed by atoms with Crippen LogP contribution in [0.15, 0.2) is 22.8 Å². The molecule has 2 rings (SSSR count). The van der Waals surface area contributed by atoms with E-state index in [0.717, 1.165) is 22.1 Å². The summed E-state index contributed by atoms with van der Waals surface area (Å²) in [6.07, 6.45) is 1.86. The molecule has 2 aromatic rings. The van der Waals surface area contributed by atoms with Crippen molar-refractivity contribution in [3.63, 3.8) is 0 Å². The van der Waals surface area contributed by atoms with Gasteiger partial charge in [0.25, 0.3) is 0 Å². The molecule has 1 aromatic carbocycles. The third-order valence-corrected chi connectivity index (χ3v) is 3.70. The maximum Gasteiger partial charge on any atom is 0.242 e. The van der Waals surface area contributed by atoms with Gasteiger partial charge in [0.15, 0.2) is 5.11 Å². The van der Waals surface area contributed by atoms with Gasteiger partial charge in [-0.1, -0.05) is 12.1 Å². The lowest BCUT2D eigenvalue weighted by Crippen LogP contribution is -2.52. The Labute approximate surface area is 141 Å². The van der Waals surface area contributed by atoms with Crippen molar-refractivity contribution in [1.29, 1.82) is 0 Å². The summed E-state index contributed by atoms with van der Waals surface area (Å²) >= 11 is 5.12. The van der Waals surface area contributed by atoms with Crippen molar-refractivity contribution >= 4 is 34.2 Å². The smallest absolute Gasteiger partial charge is 0.242 e. The lowest BCUT2D eigenvalue weighted by molar-refractivity contribution is -0.121. The second-order valence-corrected chi connectivity index (χ2v) is 7.11. The summed E-state index contributed by atoms with van der Waals surface area (Å²) in [5.74, 6) is -0.177. The van der Waals surface area contributed by atoms with Crippen LogP contribution >= 0.6 is 12.2 Å². The number of aryl methyl sites for hydroxylation is 2. The van der Waals surface area contributed by atoms with Crippen LogP contribution in [-0.4, -0.2) is 16.6 Å². The fraction of sp³-hybridized carbons (Fsp3) is 0.412. The van der Waals surface area contributed by atoms with Gasteiger partial charge in [-0.15, -0.1) is 0 Å². The number of nitrogens with one attached hydrogen (secondary N) is 3. The highest BCUT2D eigenvalue weighted by atomic mass is 32.1. The molecule has 1 heterocycles. The molecule has 0 aliphatic rings. The third kappa shape index (κ3) is 4.45. The van der Waals surface area contributed by atoms with Crippen LogP contribution < -0.4 is 16.2 Å². The van der Waals surface area contributed by atoms with Gasteiger partial charge in [-0.25, -0.2) is 0 Å². The Morgan fingerprint density at radius 3 is 2.57 bits per heavy atom. The molecule has 0 atom stereocenters. The number of fused-ring (bicyclic) bond motifs is 1. The van der Waals surface area contributed by atoms with E-state index in [0.29, 0.717) is 5.11 Å². The molecule has 0 spiro atoms. The predicted molar refractivity (Wildman–Crippen MR) is 96.2 cm³/mol. The minimum Gasteiger partial charge on any atom is -0.464 e. The summed E-state index contributed by atoms with van der Waals surface area (Å²) in [4.78, 5) is 12.1. The summed E-state index contributed by atoms with van der Waals surface area (Å²) in [6.45, 7) is 10.0. The van der Waals surface area contributed by atoms with Gasteiger partial charge in [-0.05, 0) is 58.0 Å². The number of hydrogen-bond donors (Lipinski definition) is 3. The Morgan fingerprint density at radius 1 is 1.22 bits per heavy atom. The highest BCUT2D eigenvalue weighted by Crippen LogP contribution is 2.26. The standard InChI is InChI=1S/C17H23N3O2S/c1-10-6-7-13-12(9-22-15(13)11(10)2)8-14(21)19-20-16(23)18-17(3,4)5/h6-7,9H,8H2,1-5H3,(H,19,21)(H2,18,20,23). The minimum atomic E-state index is -0.177. The number of furan rings is 1. The summed E-state index contributed by atoms with van der Waals surface area (Å²) < 4.78 is 5.61. The van der Waals surface area contributed by atoms with Crippen LogP contribution in [0.3, 0.4) is 0 Å². The molecule has 0 bridgehead atoms. The van der Waals surface area contributed by atoms with E-state index < -0.39 is 0 Å². The molecule has 23 heavy (non-hydrogen) atoms. The maximum atomic E-state index is 12.1. The van der Waals surface area contributed by atoms with Crippen LogP contribution in [0.4, 0.5) is 0 Å². The molecule has 1 aromatic heterocycles. The lowest BCUT2D eigenvalue weighted by Gasteiger charge is -2.23. The largest absolute Gasteiger partial charge is 0.464 e. The zero-order valence-corrected chi connectivity index (χ0v) is 15.0. The molecule has 0 fully saturated rings. The summed E-state index contributed by atoms with van der Waals surface area (Å²) in [5, 5.41) is 4.42. The SMILES string of the molecule is Cc1ccc2c(CC(=O)NNC(=S)NC(C)(C)C)coc2c1C. The van der Waals surface area contributed by atoms with Crippen molar-refractivity contribution in [2.24, 2.45) is 0 Å². The first-order valence-corrected chi connectivity index (χ1v) is 7.91. The van der Waals surface area contributed by atoms with E-state index in [1.165, 1.54) is 5.56 Å². The molecule has 0 aliphatic heterocycles. The summed E-state index contributed by atoms with van der Waals surface area (Å²) in [7, 11) is 0. The number of carbonyl (C=O) groups is 1. The molecule has 6 heteroatoms. The van der Waals surface area contributed by atoms with Crippen LogP contribution in [0, 0.1) is 13.8 Å². The number of hydrazine groups is 1. The number of amides is 1. The van der Waals surface area contributed by atoms with Crippen LogP contribution in [0.5, 0.6) is 0 Å². The quantitative estimate of drug-likeness (QED) is 0.582. The second kappa shape index (κ2) is 6.58. The molecule has 0 aliphatic carbocycles. The fourth-order valence-electron chi connectivity index (χ4n) is 2.24. The van der Waals surface area contributed by atoms with E-state index in [2.05, 4.69) is 16.2 Å². The number of carbonyl (C=O) groups excluding carboxylic acids is 1. The van der Waals surface area contributed by atoms with Gasteiger partial charge < -0.3 is 9.73 Å². The Balaban J connectivity index is 1.99. The highest BCUT2D eigenvalue weighted by Gasteiger charge is 2.14. The second-order valence-electron chi connectivity index (χ2n) is 6.70. The Kier molecular flexibility index (Phi) is 4.94. The maximum absolute atomic E-state index is 12.1. The molecule has 0 unspecified atom stereocenters. The van der Waals surface area contributed by atoms with Gasteiger partial charge >= 0.3 is 0 Å². The Morgan fingerprint density at radius 2 is 1.91 bits per heavy atom. The van der Waals surface area contributed by atoms with Crippen molar-refractivity contribution in [2.75, 3.05) is 0 Å². The fourth-order valence-corrected chi connectivity index (χ4v) is 2.60. The van der Waals surface area contributed by atoms with Crippen molar-refractivity contribution in [1.82, 2.24) is 16.2 Å². The van der Waals surface area contributed by atoms with Gasteiger partial charge in [0, 0.05) is 16.5 Å². The van der Waals surface area contributed by atoms with Gasteiger partial charge in [0.1, 0.15) is 5.58 Å². The normalized spacial score (nSPS) is 11.3. The van der Waals surface area contributed by atoms with E-state index in [-0.39, 0.29) is 17.9 Å². The van der Waals surface area contributed by atoms with Gasteiger partial charge in [-0.2, -0.15) is 0 Å².